The van der Waals surface area contributed by atoms with Gasteiger partial charge in [0.15, 0.2) is 6.10 Å². The van der Waals surface area contributed by atoms with Crippen LogP contribution >= 0.6 is 0 Å². The van der Waals surface area contributed by atoms with Crippen LogP contribution in [0.4, 0.5) is 18.0 Å². The highest BCUT2D eigenvalue weighted by Crippen LogP contribution is 2.25. The van der Waals surface area contributed by atoms with Crippen LogP contribution in [0, 0.1) is 5.92 Å². The Hall–Kier alpha value is -3.01. The van der Waals surface area contributed by atoms with Crippen LogP contribution in [-0.2, 0) is 20.9 Å². The minimum Gasteiger partial charge on any atom is -0.479 e. The summed E-state index contributed by atoms with van der Waals surface area (Å²) in [6.07, 6.45) is -0.272. The van der Waals surface area contributed by atoms with E-state index in [2.05, 4.69) is 10.1 Å². The van der Waals surface area contributed by atoms with E-state index in [0.29, 0.717) is 18.4 Å². The molecule has 1 aliphatic rings. The highest BCUT2D eigenvalue weighted by molar-refractivity contribution is 5.72. The van der Waals surface area contributed by atoms with Crippen molar-refractivity contribution >= 4 is 12.1 Å². The molecule has 2 rings (SSSR count). The van der Waals surface area contributed by atoms with Gasteiger partial charge in [0.05, 0.1) is 6.10 Å². The lowest BCUT2D eigenvalue weighted by atomic mass is 9.89. The number of carbonyl (C=O) groups excluding carboxylic acids is 1. The van der Waals surface area contributed by atoms with Crippen molar-refractivity contribution in [3.63, 3.8) is 0 Å². The van der Waals surface area contributed by atoms with Gasteiger partial charge in [0.2, 0.25) is 0 Å². The second kappa shape index (κ2) is 11.6. The molecule has 2 atom stereocenters. The first-order chi connectivity index (χ1) is 15.0. The van der Waals surface area contributed by atoms with Gasteiger partial charge in [-0.15, -0.1) is 13.2 Å². The Morgan fingerprint density at radius 2 is 2.03 bits per heavy atom. The van der Waals surface area contributed by atoms with Crippen LogP contribution in [0.1, 0.15) is 32.3 Å². The lowest BCUT2D eigenvalue weighted by Crippen LogP contribution is -2.30. The maximum absolute atomic E-state index is 12.3. The van der Waals surface area contributed by atoms with Crippen LogP contribution < -0.4 is 10.1 Å². The zero-order valence-electron chi connectivity index (χ0n) is 17.7. The Morgan fingerprint density at radius 3 is 2.69 bits per heavy atom. The van der Waals surface area contributed by atoms with E-state index in [4.69, 9.17) is 9.47 Å². The maximum atomic E-state index is 12.3. The molecular formula is C22H26F3NO6. The number of aliphatic carboxylic acids is 1. The second-order valence-electron chi connectivity index (χ2n) is 7.55. The molecule has 0 spiro atoms. The summed E-state index contributed by atoms with van der Waals surface area (Å²) >= 11 is 0. The quantitative estimate of drug-likeness (QED) is 0.534. The van der Waals surface area contributed by atoms with E-state index in [1.807, 2.05) is 12.2 Å². The first-order valence-electron chi connectivity index (χ1n) is 10.0. The number of benzene rings is 1. The Labute approximate surface area is 183 Å². The first kappa shape index (κ1) is 25.3. The minimum absolute atomic E-state index is 0.0518. The van der Waals surface area contributed by atoms with Crippen LogP contribution in [-0.4, -0.2) is 42.3 Å². The first-order valence-corrected chi connectivity index (χ1v) is 10.0. The highest BCUT2D eigenvalue weighted by atomic mass is 19.4. The molecule has 0 fully saturated rings. The van der Waals surface area contributed by atoms with Crippen LogP contribution in [0.25, 0.3) is 0 Å². The molecule has 0 aromatic heterocycles. The van der Waals surface area contributed by atoms with Crippen LogP contribution in [0.5, 0.6) is 5.75 Å². The second-order valence-corrected chi connectivity index (χ2v) is 7.55. The van der Waals surface area contributed by atoms with Gasteiger partial charge in [-0.25, -0.2) is 9.59 Å². The van der Waals surface area contributed by atoms with Crippen molar-refractivity contribution < 1.29 is 42.1 Å². The third-order valence-electron chi connectivity index (χ3n) is 4.43. The van der Waals surface area contributed by atoms with Gasteiger partial charge in [0, 0.05) is 6.54 Å². The number of carboxylic acid groups (broad SMARTS) is 1. The number of carboxylic acids is 1. The van der Waals surface area contributed by atoms with Crippen molar-refractivity contribution in [3.05, 3.63) is 53.6 Å². The fourth-order valence-electron chi connectivity index (χ4n) is 3.15. The van der Waals surface area contributed by atoms with Crippen molar-refractivity contribution in [2.24, 2.45) is 5.92 Å². The van der Waals surface area contributed by atoms with Gasteiger partial charge >= 0.3 is 18.4 Å². The van der Waals surface area contributed by atoms with Crippen LogP contribution in [0.15, 0.2) is 48.1 Å². The summed E-state index contributed by atoms with van der Waals surface area (Å²) in [4.78, 5) is 23.3. The predicted octanol–water partition coefficient (Wildman–Crippen LogP) is 4.58. The number of hydrogen-bond donors (Lipinski definition) is 2. The Kier molecular flexibility index (Phi) is 9.13. The molecule has 0 heterocycles. The molecule has 1 amide bonds. The molecule has 7 nitrogen and oxygen atoms in total. The summed E-state index contributed by atoms with van der Waals surface area (Å²) in [7, 11) is 0. The molecule has 1 aliphatic carbocycles. The van der Waals surface area contributed by atoms with E-state index in [-0.39, 0.29) is 25.2 Å². The molecule has 0 bridgehead atoms. The minimum atomic E-state index is -4.80. The number of nitrogens with one attached hydrogen (secondary N) is 1. The number of halogens is 3. The molecule has 2 N–H and O–H groups in total. The number of carbonyl (C=O) groups is 2. The smallest absolute Gasteiger partial charge is 0.479 e. The fourth-order valence-corrected chi connectivity index (χ4v) is 3.15. The number of amides is 1. The van der Waals surface area contributed by atoms with Crippen molar-refractivity contribution in [2.75, 3.05) is 6.54 Å². The number of hydrogen-bond acceptors (Lipinski definition) is 5. The number of alkyl carbamates (subject to hydrolysis) is 1. The average Bonchev–Trinajstić information content (AvgIpc) is 2.69. The van der Waals surface area contributed by atoms with Gasteiger partial charge in [-0.1, -0.05) is 35.9 Å². The third kappa shape index (κ3) is 9.42. The molecule has 1 unspecified atom stereocenters. The summed E-state index contributed by atoms with van der Waals surface area (Å²) in [5.41, 5.74) is 1.22. The topological polar surface area (TPSA) is 94.1 Å². The SMILES string of the molecule is CC(C)O[C@@H](CC1C=CC=C(CNC(=O)OCc2cccc(OC(F)(F)F)c2)C1)C(=O)O. The molecule has 0 saturated carbocycles. The largest absolute Gasteiger partial charge is 0.573 e. The molecule has 32 heavy (non-hydrogen) atoms. The molecule has 0 saturated heterocycles. The Morgan fingerprint density at radius 1 is 1.28 bits per heavy atom. The lowest BCUT2D eigenvalue weighted by Gasteiger charge is -2.23. The van der Waals surface area contributed by atoms with Crippen molar-refractivity contribution in [1.82, 2.24) is 5.32 Å². The molecule has 0 aliphatic heterocycles. The molecule has 1 aromatic carbocycles. The van der Waals surface area contributed by atoms with E-state index < -0.39 is 30.3 Å². The van der Waals surface area contributed by atoms with Gasteiger partial charge < -0.3 is 24.6 Å². The zero-order chi connectivity index (χ0) is 23.7. The molecule has 10 heteroatoms. The maximum Gasteiger partial charge on any atom is 0.573 e. The molecule has 1 aromatic rings. The molecule has 0 radical (unpaired) electrons. The number of ether oxygens (including phenoxy) is 3. The van der Waals surface area contributed by atoms with E-state index in [9.17, 15) is 27.9 Å². The van der Waals surface area contributed by atoms with Crippen molar-refractivity contribution in [3.8, 4) is 5.75 Å². The molecular weight excluding hydrogens is 431 g/mol. The summed E-state index contributed by atoms with van der Waals surface area (Å²) in [6, 6.07) is 5.16. The summed E-state index contributed by atoms with van der Waals surface area (Å²) in [5, 5.41) is 11.9. The van der Waals surface area contributed by atoms with Crippen LogP contribution in [0.3, 0.4) is 0 Å². The average molecular weight is 457 g/mol. The Bertz CT molecular complexity index is 850. The predicted molar refractivity (Wildman–Crippen MR) is 109 cm³/mol. The molecule has 176 valence electrons. The van der Waals surface area contributed by atoms with E-state index in [1.54, 1.807) is 19.9 Å². The van der Waals surface area contributed by atoms with Gasteiger partial charge in [0.1, 0.15) is 12.4 Å². The van der Waals surface area contributed by atoms with Gasteiger partial charge in [0.25, 0.3) is 0 Å². The van der Waals surface area contributed by atoms with Crippen LogP contribution in [0.2, 0.25) is 0 Å². The standard InChI is InChI=1S/C22H26F3NO6/c1-14(2)31-19(20(27)28)11-15-5-3-6-16(9-15)12-26-21(29)30-13-17-7-4-8-18(10-17)32-22(23,24)25/h3-8,10,14-15,19H,9,11-13H2,1-2H3,(H,26,29)(H,27,28)/t15?,19-/m0/s1. The fraction of sp³-hybridized carbons (Fsp3) is 0.455. The van der Waals surface area contributed by atoms with Gasteiger partial charge in [-0.05, 0) is 50.3 Å². The van der Waals surface area contributed by atoms with E-state index in [1.165, 1.54) is 12.1 Å². The summed E-state index contributed by atoms with van der Waals surface area (Å²) in [6.45, 7) is 3.51. The monoisotopic (exact) mass is 457 g/mol. The zero-order valence-corrected chi connectivity index (χ0v) is 17.7. The normalized spacial score (nSPS) is 16.9. The Balaban J connectivity index is 1.78. The summed E-state index contributed by atoms with van der Waals surface area (Å²) < 4.78 is 51.2. The highest BCUT2D eigenvalue weighted by Gasteiger charge is 2.31. The van der Waals surface area contributed by atoms with Crippen molar-refractivity contribution in [1.29, 1.82) is 0 Å². The van der Waals surface area contributed by atoms with Gasteiger partial charge in [-0.3, -0.25) is 0 Å². The lowest BCUT2D eigenvalue weighted by molar-refractivity contribution is -0.274. The van der Waals surface area contributed by atoms with E-state index >= 15 is 0 Å². The summed E-state index contributed by atoms with van der Waals surface area (Å²) in [5.74, 6) is -1.47. The van der Waals surface area contributed by atoms with Gasteiger partial charge in [-0.2, -0.15) is 0 Å². The van der Waals surface area contributed by atoms with E-state index in [0.717, 1.165) is 17.7 Å². The number of allylic oxidation sites excluding steroid dienone is 3. The number of alkyl halides is 3. The third-order valence-corrected chi connectivity index (χ3v) is 4.43. The number of rotatable bonds is 10. The van der Waals surface area contributed by atoms with Crippen molar-refractivity contribution in [2.45, 2.75) is 51.9 Å².